The molecule has 1 atom stereocenters. The molecule has 5 rings (SSSR count). The second-order valence-electron chi connectivity index (χ2n) is 9.44. The van der Waals surface area contributed by atoms with Crippen molar-refractivity contribution in [1.29, 1.82) is 0 Å². The molecule has 1 aliphatic heterocycles. The lowest BCUT2D eigenvalue weighted by atomic mass is 9.96. The summed E-state index contributed by atoms with van der Waals surface area (Å²) in [6.07, 6.45) is 1.40. The van der Waals surface area contributed by atoms with Crippen molar-refractivity contribution in [2.75, 3.05) is 51.2 Å². The molecular formula is C30H34N4O. The van der Waals surface area contributed by atoms with E-state index in [1.54, 1.807) is 0 Å². The fourth-order valence-electron chi connectivity index (χ4n) is 5.28. The topological polar surface area (TPSA) is 42.8 Å². The molecule has 5 nitrogen and oxygen atoms in total. The van der Waals surface area contributed by atoms with Gasteiger partial charge in [-0.25, -0.2) is 0 Å². The van der Waals surface area contributed by atoms with Crippen molar-refractivity contribution in [3.63, 3.8) is 0 Å². The minimum absolute atomic E-state index is 0.260. The summed E-state index contributed by atoms with van der Waals surface area (Å²) < 4.78 is 0. The lowest BCUT2D eigenvalue weighted by Crippen LogP contribution is -2.50. The Hall–Kier alpha value is -3.25. The number of rotatable bonds is 8. The molecule has 35 heavy (non-hydrogen) atoms. The van der Waals surface area contributed by atoms with Crippen LogP contribution in [0.1, 0.15) is 17.2 Å². The van der Waals surface area contributed by atoms with Crippen LogP contribution in [0.4, 0.5) is 5.69 Å². The number of benzene rings is 3. The fourth-order valence-corrected chi connectivity index (χ4v) is 5.28. The molecule has 0 aliphatic carbocycles. The van der Waals surface area contributed by atoms with Gasteiger partial charge in [0.1, 0.15) is 0 Å². The highest BCUT2D eigenvalue weighted by Gasteiger charge is 2.27. The molecule has 1 fully saturated rings. The van der Waals surface area contributed by atoms with Gasteiger partial charge in [0.05, 0.1) is 17.7 Å². The van der Waals surface area contributed by atoms with Gasteiger partial charge in [0.15, 0.2) is 0 Å². The molecule has 1 aliphatic rings. The van der Waals surface area contributed by atoms with Gasteiger partial charge in [-0.15, -0.1) is 0 Å². The van der Waals surface area contributed by atoms with Gasteiger partial charge in [0, 0.05) is 63.6 Å². The van der Waals surface area contributed by atoms with Crippen LogP contribution in [0.3, 0.4) is 0 Å². The quantitative estimate of drug-likeness (QED) is 0.416. The third kappa shape index (κ3) is 5.54. The van der Waals surface area contributed by atoms with Crippen LogP contribution >= 0.6 is 0 Å². The van der Waals surface area contributed by atoms with Gasteiger partial charge >= 0.3 is 0 Å². The van der Waals surface area contributed by atoms with E-state index in [1.165, 1.54) is 11.1 Å². The van der Waals surface area contributed by atoms with Crippen LogP contribution < -0.4 is 4.90 Å². The Balaban J connectivity index is 1.20. The molecule has 3 aromatic carbocycles. The molecule has 0 bridgehead atoms. The molecule has 5 heteroatoms. The van der Waals surface area contributed by atoms with E-state index in [0.29, 0.717) is 13.1 Å². The summed E-state index contributed by atoms with van der Waals surface area (Å²) in [5.74, 6) is 0. The van der Waals surface area contributed by atoms with E-state index in [-0.39, 0.29) is 6.04 Å². The van der Waals surface area contributed by atoms with E-state index < -0.39 is 6.10 Å². The molecular weight excluding hydrogens is 432 g/mol. The highest BCUT2D eigenvalue weighted by Crippen LogP contribution is 2.29. The molecule has 0 amide bonds. The second-order valence-corrected chi connectivity index (χ2v) is 9.44. The molecule has 180 valence electrons. The highest BCUT2D eigenvalue weighted by atomic mass is 16.3. The first kappa shape index (κ1) is 23.5. The van der Waals surface area contributed by atoms with Gasteiger partial charge in [0.25, 0.3) is 0 Å². The molecule has 0 spiro atoms. The summed E-state index contributed by atoms with van der Waals surface area (Å²) >= 11 is 0. The number of aromatic nitrogens is 1. The Bertz CT molecular complexity index is 1160. The third-order valence-electron chi connectivity index (χ3n) is 6.99. The number of aliphatic hydroxyl groups is 1. The van der Waals surface area contributed by atoms with Crippen molar-refractivity contribution in [2.45, 2.75) is 12.1 Å². The number of aliphatic hydroxyl groups excluding tert-OH is 1. The Morgan fingerprint density at radius 2 is 1.46 bits per heavy atom. The van der Waals surface area contributed by atoms with Gasteiger partial charge in [-0.1, -0.05) is 66.7 Å². The number of nitrogens with zero attached hydrogens (tertiary/aromatic N) is 4. The minimum atomic E-state index is -0.419. The Morgan fingerprint density at radius 1 is 0.800 bits per heavy atom. The maximum absolute atomic E-state index is 10.9. The Morgan fingerprint density at radius 3 is 2.11 bits per heavy atom. The number of hydrogen-bond donors (Lipinski definition) is 1. The van der Waals surface area contributed by atoms with Crippen molar-refractivity contribution in [3.05, 3.63) is 108 Å². The van der Waals surface area contributed by atoms with Gasteiger partial charge in [-0.2, -0.15) is 0 Å². The van der Waals surface area contributed by atoms with Gasteiger partial charge < -0.3 is 10.0 Å². The van der Waals surface area contributed by atoms with Crippen LogP contribution in [-0.4, -0.2) is 72.3 Å². The molecule has 1 unspecified atom stereocenters. The van der Waals surface area contributed by atoms with Gasteiger partial charge in [0.2, 0.25) is 0 Å². The molecule has 1 N–H and O–H groups in total. The van der Waals surface area contributed by atoms with Crippen LogP contribution in [0, 0.1) is 0 Å². The summed E-state index contributed by atoms with van der Waals surface area (Å²) in [5.41, 5.74) is 4.75. The third-order valence-corrected chi connectivity index (χ3v) is 6.99. The average Bonchev–Trinajstić information content (AvgIpc) is 2.90. The van der Waals surface area contributed by atoms with Crippen molar-refractivity contribution in [1.82, 2.24) is 14.8 Å². The van der Waals surface area contributed by atoms with E-state index in [2.05, 4.69) is 92.5 Å². The van der Waals surface area contributed by atoms with E-state index in [4.69, 9.17) is 0 Å². The number of fused-ring (bicyclic) bond motifs is 1. The van der Waals surface area contributed by atoms with E-state index >= 15 is 0 Å². The van der Waals surface area contributed by atoms with E-state index in [9.17, 15) is 5.11 Å². The lowest BCUT2D eigenvalue weighted by molar-refractivity contribution is 0.0653. The first-order chi connectivity index (χ1) is 17.2. The largest absolute Gasteiger partial charge is 0.390 e. The summed E-state index contributed by atoms with van der Waals surface area (Å²) in [6.45, 7) is 5.13. The summed E-state index contributed by atoms with van der Waals surface area (Å²) in [4.78, 5) is 11.6. The predicted octanol–water partition coefficient (Wildman–Crippen LogP) is 4.44. The van der Waals surface area contributed by atoms with Crippen molar-refractivity contribution >= 4 is 16.6 Å². The standard InChI is InChI=1S/C30H34N4O/c1-32(29-16-8-15-28-27(29)14-9-17-31-28)22-26(35)23-33-18-20-34(21-19-33)30(24-10-4-2-5-11-24)25-12-6-3-7-13-25/h2-17,26,30,35H,18-23H2,1H3. The molecule has 1 saturated heterocycles. The fraction of sp³-hybridized carbons (Fsp3) is 0.300. The van der Waals surface area contributed by atoms with E-state index in [1.807, 2.05) is 31.4 Å². The minimum Gasteiger partial charge on any atom is -0.390 e. The van der Waals surface area contributed by atoms with Crippen LogP contribution in [0.15, 0.2) is 97.2 Å². The SMILES string of the molecule is CN(CC(O)CN1CCN(C(c2ccccc2)c2ccccc2)CC1)c1cccc2ncccc12. The second kappa shape index (κ2) is 11.0. The molecule has 0 saturated carbocycles. The van der Waals surface area contributed by atoms with Gasteiger partial charge in [-0.3, -0.25) is 14.8 Å². The molecule has 2 heterocycles. The first-order valence-electron chi connectivity index (χ1n) is 12.5. The van der Waals surface area contributed by atoms with Crippen molar-refractivity contribution < 1.29 is 5.11 Å². The smallest absolute Gasteiger partial charge is 0.0841 e. The van der Waals surface area contributed by atoms with Crippen LogP contribution in [0.5, 0.6) is 0 Å². The van der Waals surface area contributed by atoms with E-state index in [0.717, 1.165) is 42.8 Å². The Labute approximate surface area is 208 Å². The van der Waals surface area contributed by atoms with Crippen LogP contribution in [0.2, 0.25) is 0 Å². The molecule has 1 aromatic heterocycles. The molecule has 0 radical (unpaired) electrons. The maximum Gasteiger partial charge on any atom is 0.0841 e. The van der Waals surface area contributed by atoms with Crippen molar-refractivity contribution in [2.24, 2.45) is 0 Å². The number of hydrogen-bond acceptors (Lipinski definition) is 5. The number of likely N-dealkylation sites (N-methyl/N-ethyl adjacent to an activating group) is 1. The van der Waals surface area contributed by atoms with Crippen molar-refractivity contribution in [3.8, 4) is 0 Å². The summed E-state index contributed by atoms with van der Waals surface area (Å²) in [5, 5.41) is 12.0. The zero-order chi connectivity index (χ0) is 24.0. The maximum atomic E-state index is 10.9. The monoisotopic (exact) mass is 466 g/mol. The summed E-state index contributed by atoms with van der Waals surface area (Å²) in [6, 6.07) is 32.1. The Kier molecular flexibility index (Phi) is 7.38. The number of anilines is 1. The highest BCUT2D eigenvalue weighted by molar-refractivity contribution is 5.91. The summed E-state index contributed by atoms with van der Waals surface area (Å²) in [7, 11) is 2.05. The number of piperazine rings is 1. The van der Waals surface area contributed by atoms with Gasteiger partial charge in [-0.05, 0) is 35.4 Å². The zero-order valence-electron chi connectivity index (χ0n) is 20.4. The van der Waals surface area contributed by atoms with Crippen LogP contribution in [0.25, 0.3) is 10.9 Å². The molecule has 4 aromatic rings. The first-order valence-corrected chi connectivity index (χ1v) is 12.5. The normalized spacial score (nSPS) is 16.0. The predicted molar refractivity (Wildman–Crippen MR) is 144 cm³/mol. The van der Waals surface area contributed by atoms with Crippen LogP contribution in [-0.2, 0) is 0 Å². The number of β-amino-alcohol motifs (C(OH)–C–C–N with tert-alkyl or cyclic N) is 1. The zero-order valence-corrected chi connectivity index (χ0v) is 20.4. The lowest BCUT2D eigenvalue weighted by Gasteiger charge is -2.40. The average molecular weight is 467 g/mol. The number of pyridine rings is 1.